The van der Waals surface area contributed by atoms with Gasteiger partial charge in [0.15, 0.2) is 0 Å². The summed E-state index contributed by atoms with van der Waals surface area (Å²) < 4.78 is 1.78. The van der Waals surface area contributed by atoms with Crippen molar-refractivity contribution in [1.82, 2.24) is 15.1 Å². The highest BCUT2D eigenvalue weighted by Crippen LogP contribution is 2.24. The number of halogens is 1. The van der Waals surface area contributed by atoms with Gasteiger partial charge in [-0.15, -0.1) is 0 Å². The molecule has 0 aliphatic heterocycles. The van der Waals surface area contributed by atoms with Crippen LogP contribution in [0.2, 0.25) is 5.02 Å². The molecule has 1 aromatic heterocycles. The number of non-ortho nitro benzene ring substituents is 1. The molecule has 0 aliphatic rings. The summed E-state index contributed by atoms with van der Waals surface area (Å²) in [6.45, 7) is 4.68. The molecule has 122 valence electrons. The second-order valence-electron chi connectivity index (χ2n) is 4.98. The Bertz CT molecular complexity index is 729. The van der Waals surface area contributed by atoms with Crippen molar-refractivity contribution in [2.45, 2.75) is 32.9 Å². The molecule has 1 atom stereocenters. The SMILES string of the molecule is CC[C@@H](NC(=O)c1ccc([N+](=O)[O-])cc1Cl)c1cnn(CC)c1. The third kappa shape index (κ3) is 3.87. The summed E-state index contributed by atoms with van der Waals surface area (Å²) in [6.07, 6.45) is 4.28. The molecular weight excluding hydrogens is 320 g/mol. The summed E-state index contributed by atoms with van der Waals surface area (Å²) in [5, 5.41) is 17.8. The van der Waals surface area contributed by atoms with E-state index in [1.165, 1.54) is 18.2 Å². The number of nitro groups is 1. The van der Waals surface area contributed by atoms with Gasteiger partial charge in [-0.1, -0.05) is 18.5 Å². The lowest BCUT2D eigenvalue weighted by molar-refractivity contribution is -0.384. The first-order valence-electron chi connectivity index (χ1n) is 7.23. The van der Waals surface area contributed by atoms with Gasteiger partial charge in [-0.05, 0) is 19.4 Å². The molecule has 0 radical (unpaired) electrons. The predicted molar refractivity (Wildman–Crippen MR) is 86.5 cm³/mol. The molecule has 0 saturated carbocycles. The molecule has 1 N–H and O–H groups in total. The van der Waals surface area contributed by atoms with E-state index in [1.54, 1.807) is 10.9 Å². The van der Waals surface area contributed by atoms with Crippen molar-refractivity contribution >= 4 is 23.2 Å². The maximum absolute atomic E-state index is 12.4. The number of carbonyl (C=O) groups excluding carboxylic acids is 1. The summed E-state index contributed by atoms with van der Waals surface area (Å²) in [7, 11) is 0. The fourth-order valence-electron chi connectivity index (χ4n) is 2.19. The second-order valence-corrected chi connectivity index (χ2v) is 5.39. The Morgan fingerprint density at radius 2 is 2.22 bits per heavy atom. The van der Waals surface area contributed by atoms with E-state index >= 15 is 0 Å². The number of aryl methyl sites for hydroxylation is 1. The van der Waals surface area contributed by atoms with Crippen LogP contribution in [0.3, 0.4) is 0 Å². The molecule has 0 unspecified atom stereocenters. The van der Waals surface area contributed by atoms with Crippen molar-refractivity contribution in [2.24, 2.45) is 0 Å². The van der Waals surface area contributed by atoms with Gasteiger partial charge in [-0.25, -0.2) is 0 Å². The fourth-order valence-corrected chi connectivity index (χ4v) is 2.45. The third-order valence-corrected chi connectivity index (χ3v) is 3.81. The Morgan fingerprint density at radius 3 is 2.74 bits per heavy atom. The van der Waals surface area contributed by atoms with Gasteiger partial charge < -0.3 is 5.32 Å². The number of nitrogens with zero attached hydrogens (tertiary/aromatic N) is 3. The van der Waals surface area contributed by atoms with E-state index in [9.17, 15) is 14.9 Å². The lowest BCUT2D eigenvalue weighted by Gasteiger charge is -2.16. The predicted octanol–water partition coefficient (Wildman–Crippen LogP) is 3.35. The van der Waals surface area contributed by atoms with Crippen LogP contribution in [0.15, 0.2) is 30.6 Å². The van der Waals surface area contributed by atoms with E-state index in [0.29, 0.717) is 6.42 Å². The van der Waals surface area contributed by atoms with Crippen LogP contribution in [0, 0.1) is 10.1 Å². The summed E-state index contributed by atoms with van der Waals surface area (Å²) in [5.41, 5.74) is 0.960. The minimum absolute atomic E-state index is 0.0517. The molecule has 2 aromatic rings. The van der Waals surface area contributed by atoms with Gasteiger partial charge in [0.05, 0.1) is 27.7 Å². The van der Waals surface area contributed by atoms with Gasteiger partial charge in [0.2, 0.25) is 0 Å². The molecule has 0 fully saturated rings. The first-order valence-corrected chi connectivity index (χ1v) is 7.61. The van der Waals surface area contributed by atoms with E-state index in [2.05, 4.69) is 10.4 Å². The van der Waals surface area contributed by atoms with E-state index in [1.807, 2.05) is 20.0 Å². The Kier molecular flexibility index (Phi) is 5.33. The Morgan fingerprint density at radius 1 is 1.48 bits per heavy atom. The van der Waals surface area contributed by atoms with E-state index in [0.717, 1.165) is 12.1 Å². The number of benzene rings is 1. The lowest BCUT2D eigenvalue weighted by atomic mass is 10.1. The van der Waals surface area contributed by atoms with Crippen LogP contribution >= 0.6 is 11.6 Å². The van der Waals surface area contributed by atoms with E-state index < -0.39 is 4.92 Å². The van der Waals surface area contributed by atoms with Crippen LogP contribution in [0.1, 0.15) is 42.2 Å². The minimum Gasteiger partial charge on any atom is -0.345 e. The average molecular weight is 337 g/mol. The quantitative estimate of drug-likeness (QED) is 0.647. The van der Waals surface area contributed by atoms with Crippen molar-refractivity contribution in [3.8, 4) is 0 Å². The smallest absolute Gasteiger partial charge is 0.270 e. The highest BCUT2D eigenvalue weighted by molar-refractivity contribution is 6.34. The number of nitro benzene ring substituents is 1. The number of nitrogens with one attached hydrogen (secondary N) is 1. The molecule has 0 saturated heterocycles. The van der Waals surface area contributed by atoms with Gasteiger partial charge in [0, 0.05) is 30.4 Å². The van der Waals surface area contributed by atoms with E-state index in [-0.39, 0.29) is 28.2 Å². The molecule has 0 bridgehead atoms. The lowest BCUT2D eigenvalue weighted by Crippen LogP contribution is -2.28. The summed E-state index contributed by atoms with van der Waals surface area (Å²) in [6, 6.07) is 3.59. The van der Waals surface area contributed by atoms with Gasteiger partial charge in [-0.3, -0.25) is 19.6 Å². The van der Waals surface area contributed by atoms with Crippen molar-refractivity contribution < 1.29 is 9.72 Å². The standard InChI is InChI=1S/C15H17ClN4O3/c1-3-14(10-8-17-19(4-2)9-10)18-15(21)12-6-5-11(20(22)23)7-13(12)16/h5-9,14H,3-4H2,1-2H3,(H,18,21)/t14-/m1/s1. The molecule has 1 amide bonds. The molecular formula is C15H17ClN4O3. The normalized spacial score (nSPS) is 12.0. The fraction of sp³-hybridized carbons (Fsp3) is 0.333. The Balaban J connectivity index is 2.18. The molecule has 8 heteroatoms. The maximum atomic E-state index is 12.4. The van der Waals surface area contributed by atoms with Crippen LogP contribution in [0.4, 0.5) is 5.69 Å². The van der Waals surface area contributed by atoms with Crippen molar-refractivity contribution in [2.75, 3.05) is 0 Å². The minimum atomic E-state index is -0.554. The first-order chi connectivity index (χ1) is 11.0. The van der Waals surface area contributed by atoms with Gasteiger partial charge in [0.25, 0.3) is 11.6 Å². The topological polar surface area (TPSA) is 90.1 Å². The van der Waals surface area contributed by atoms with Crippen LogP contribution in [-0.4, -0.2) is 20.6 Å². The third-order valence-electron chi connectivity index (χ3n) is 3.50. The van der Waals surface area contributed by atoms with Crippen molar-refractivity contribution in [1.29, 1.82) is 0 Å². The number of amides is 1. The molecule has 7 nitrogen and oxygen atoms in total. The summed E-state index contributed by atoms with van der Waals surface area (Å²) >= 11 is 5.99. The largest absolute Gasteiger partial charge is 0.345 e. The highest BCUT2D eigenvalue weighted by Gasteiger charge is 2.19. The maximum Gasteiger partial charge on any atom is 0.270 e. The van der Waals surface area contributed by atoms with Crippen LogP contribution < -0.4 is 5.32 Å². The number of hydrogen-bond donors (Lipinski definition) is 1. The number of rotatable bonds is 6. The van der Waals surface area contributed by atoms with Crippen molar-refractivity contribution in [3.63, 3.8) is 0 Å². The first kappa shape index (κ1) is 17.0. The monoisotopic (exact) mass is 336 g/mol. The zero-order chi connectivity index (χ0) is 17.0. The van der Waals surface area contributed by atoms with Gasteiger partial charge in [-0.2, -0.15) is 5.10 Å². The molecule has 0 aliphatic carbocycles. The van der Waals surface area contributed by atoms with Crippen LogP contribution in [0.5, 0.6) is 0 Å². The van der Waals surface area contributed by atoms with Crippen molar-refractivity contribution in [3.05, 3.63) is 56.9 Å². The summed E-state index contributed by atoms with van der Waals surface area (Å²) in [5.74, 6) is -0.374. The molecule has 0 spiro atoms. The molecule has 1 heterocycles. The number of carbonyl (C=O) groups is 1. The zero-order valence-corrected chi connectivity index (χ0v) is 13.6. The highest BCUT2D eigenvalue weighted by atomic mass is 35.5. The number of hydrogen-bond acceptors (Lipinski definition) is 4. The Labute approximate surface area is 138 Å². The van der Waals surface area contributed by atoms with Gasteiger partial charge in [0.1, 0.15) is 0 Å². The zero-order valence-electron chi connectivity index (χ0n) is 12.8. The summed E-state index contributed by atoms with van der Waals surface area (Å²) in [4.78, 5) is 22.5. The van der Waals surface area contributed by atoms with Crippen LogP contribution in [0.25, 0.3) is 0 Å². The van der Waals surface area contributed by atoms with Gasteiger partial charge >= 0.3 is 0 Å². The molecule has 23 heavy (non-hydrogen) atoms. The molecule has 1 aromatic carbocycles. The second kappa shape index (κ2) is 7.23. The number of aromatic nitrogens is 2. The van der Waals surface area contributed by atoms with Crippen LogP contribution in [-0.2, 0) is 6.54 Å². The molecule has 2 rings (SSSR count). The average Bonchev–Trinajstić information content (AvgIpc) is 3.01. The van der Waals surface area contributed by atoms with E-state index in [4.69, 9.17) is 11.6 Å². The Hall–Kier alpha value is -2.41.